The van der Waals surface area contributed by atoms with Gasteiger partial charge in [0.25, 0.3) is 0 Å². The van der Waals surface area contributed by atoms with Crippen LogP contribution in [0.1, 0.15) is 47.0 Å². The van der Waals surface area contributed by atoms with E-state index in [-0.39, 0.29) is 23.2 Å². The normalized spacial score (nSPS) is 41.4. The lowest BCUT2D eigenvalue weighted by atomic mass is 9.75. The Morgan fingerprint density at radius 1 is 1.47 bits per heavy atom. The Balaban J connectivity index is 2.10. The minimum atomic E-state index is -0.260. The number of hydrogen-bond acceptors (Lipinski definition) is 3. The molecule has 1 saturated heterocycles. The van der Waals surface area contributed by atoms with Crippen molar-refractivity contribution < 1.29 is 9.53 Å². The first-order valence-corrected chi connectivity index (χ1v) is 6.42. The van der Waals surface area contributed by atoms with Crippen LogP contribution < -0.4 is 0 Å². The second-order valence-corrected chi connectivity index (χ2v) is 6.35. The highest BCUT2D eigenvalue weighted by Crippen LogP contribution is 2.65. The summed E-state index contributed by atoms with van der Waals surface area (Å²) in [5, 5.41) is 6.09. The van der Waals surface area contributed by atoms with E-state index in [1.165, 1.54) is 6.42 Å². The van der Waals surface area contributed by atoms with E-state index in [2.05, 4.69) is 18.9 Å². The molecule has 0 radical (unpaired) electrons. The quantitative estimate of drug-likeness (QED) is 0.657. The molecule has 3 rings (SSSR count). The minimum absolute atomic E-state index is 0.0480. The second kappa shape index (κ2) is 3.03. The molecule has 1 heterocycles. The van der Waals surface area contributed by atoms with E-state index >= 15 is 0 Å². The van der Waals surface area contributed by atoms with Gasteiger partial charge in [-0.3, -0.25) is 0 Å². The van der Waals surface area contributed by atoms with Crippen LogP contribution in [0.25, 0.3) is 0 Å². The third-order valence-electron chi connectivity index (χ3n) is 5.14. The number of fused-ring (bicyclic) bond motifs is 1. The molecule has 0 aromatic carbocycles. The van der Waals surface area contributed by atoms with Gasteiger partial charge in [-0.1, -0.05) is 13.8 Å². The SMILES string of the molecule is CC(C)=NN1C(=O)O[C@@H]2C[C@@H]3CC[C@@]21C3(C)C. The van der Waals surface area contributed by atoms with Gasteiger partial charge in [-0.15, -0.1) is 0 Å². The van der Waals surface area contributed by atoms with Crippen LogP contribution >= 0.6 is 0 Å². The molecule has 1 amide bonds. The van der Waals surface area contributed by atoms with Crippen molar-refractivity contribution in [2.24, 2.45) is 16.4 Å². The smallest absolute Gasteiger partial charge is 0.431 e. The van der Waals surface area contributed by atoms with Gasteiger partial charge in [0.2, 0.25) is 0 Å². The van der Waals surface area contributed by atoms with E-state index in [0.29, 0.717) is 5.92 Å². The van der Waals surface area contributed by atoms with Crippen molar-refractivity contribution in [2.45, 2.75) is 58.6 Å². The fourth-order valence-electron chi connectivity index (χ4n) is 4.20. The van der Waals surface area contributed by atoms with Crippen LogP contribution in [0.4, 0.5) is 4.79 Å². The highest BCUT2D eigenvalue weighted by atomic mass is 16.6. The lowest BCUT2D eigenvalue weighted by Crippen LogP contribution is -2.53. The van der Waals surface area contributed by atoms with E-state index in [9.17, 15) is 4.79 Å². The molecular weight excluding hydrogens is 216 g/mol. The first-order valence-electron chi connectivity index (χ1n) is 6.42. The molecule has 1 spiro atoms. The minimum Gasteiger partial charge on any atom is -0.442 e. The van der Waals surface area contributed by atoms with Crippen molar-refractivity contribution in [1.29, 1.82) is 0 Å². The van der Waals surface area contributed by atoms with Crippen LogP contribution in [0.5, 0.6) is 0 Å². The Hall–Kier alpha value is -1.06. The highest BCUT2D eigenvalue weighted by Gasteiger charge is 2.73. The molecule has 0 unspecified atom stereocenters. The van der Waals surface area contributed by atoms with Gasteiger partial charge in [0.05, 0.1) is 0 Å². The number of rotatable bonds is 1. The summed E-state index contributed by atoms with van der Waals surface area (Å²) in [4.78, 5) is 12.0. The zero-order valence-electron chi connectivity index (χ0n) is 11.0. The average molecular weight is 236 g/mol. The zero-order chi connectivity index (χ0) is 12.4. The van der Waals surface area contributed by atoms with Gasteiger partial charge in [0.15, 0.2) is 0 Å². The van der Waals surface area contributed by atoms with Gasteiger partial charge < -0.3 is 4.74 Å². The van der Waals surface area contributed by atoms with Gasteiger partial charge in [-0.05, 0) is 44.4 Å². The lowest BCUT2D eigenvalue weighted by molar-refractivity contribution is 0.0570. The van der Waals surface area contributed by atoms with Crippen molar-refractivity contribution in [3.8, 4) is 0 Å². The van der Waals surface area contributed by atoms with E-state index in [0.717, 1.165) is 18.6 Å². The summed E-state index contributed by atoms with van der Waals surface area (Å²) in [6, 6.07) is 0. The molecule has 1 aliphatic heterocycles. The predicted octanol–water partition coefficient (Wildman–Crippen LogP) is 2.78. The first-order chi connectivity index (χ1) is 7.89. The monoisotopic (exact) mass is 236 g/mol. The maximum absolute atomic E-state index is 12.0. The zero-order valence-corrected chi connectivity index (χ0v) is 11.0. The van der Waals surface area contributed by atoms with Crippen molar-refractivity contribution in [3.05, 3.63) is 0 Å². The topological polar surface area (TPSA) is 41.9 Å². The third kappa shape index (κ3) is 1.09. The van der Waals surface area contributed by atoms with E-state index < -0.39 is 0 Å². The average Bonchev–Trinajstić information content (AvgIpc) is 2.72. The highest BCUT2D eigenvalue weighted by molar-refractivity contribution is 5.82. The number of carbonyl (C=O) groups is 1. The molecule has 0 aromatic heterocycles. The number of amides is 1. The van der Waals surface area contributed by atoms with Crippen LogP contribution in [-0.2, 0) is 4.74 Å². The number of nitrogens with zero attached hydrogens (tertiary/aromatic N) is 2. The fraction of sp³-hybridized carbons (Fsp3) is 0.846. The van der Waals surface area contributed by atoms with Gasteiger partial charge >= 0.3 is 6.09 Å². The van der Waals surface area contributed by atoms with E-state index in [1.807, 2.05) is 13.8 Å². The standard InChI is InChI=1S/C13H20N2O2/c1-8(2)14-15-11(16)17-10-7-9-5-6-13(10,15)12(9,3)4/h9-10H,5-7H2,1-4H3/t9-,10+,13-/m0/s1. The van der Waals surface area contributed by atoms with Gasteiger partial charge in [-0.25, -0.2) is 4.79 Å². The Labute approximate surface area is 102 Å². The summed E-state index contributed by atoms with van der Waals surface area (Å²) < 4.78 is 5.54. The number of hydrogen-bond donors (Lipinski definition) is 0. The number of ether oxygens (including phenoxy) is 1. The largest absolute Gasteiger partial charge is 0.442 e. The summed E-state index contributed by atoms with van der Waals surface area (Å²) in [6.07, 6.45) is 3.01. The van der Waals surface area contributed by atoms with Crippen LogP contribution in [0.3, 0.4) is 0 Å². The van der Waals surface area contributed by atoms with Crippen LogP contribution in [0.2, 0.25) is 0 Å². The van der Waals surface area contributed by atoms with Crippen LogP contribution in [-0.4, -0.2) is 28.5 Å². The van der Waals surface area contributed by atoms with Crippen molar-refractivity contribution in [3.63, 3.8) is 0 Å². The summed E-state index contributed by atoms with van der Waals surface area (Å²) in [5.74, 6) is 0.662. The van der Waals surface area contributed by atoms with Gasteiger partial charge in [-0.2, -0.15) is 10.1 Å². The second-order valence-electron chi connectivity index (χ2n) is 6.35. The molecular formula is C13H20N2O2. The third-order valence-corrected chi connectivity index (χ3v) is 5.14. The molecule has 0 aromatic rings. The Bertz CT molecular complexity index is 412. The molecule has 17 heavy (non-hydrogen) atoms. The molecule has 2 saturated carbocycles. The first kappa shape index (κ1) is 11.1. The molecule has 4 heteroatoms. The number of hydrazone groups is 1. The van der Waals surface area contributed by atoms with Gasteiger partial charge in [0.1, 0.15) is 11.6 Å². The molecule has 94 valence electrons. The Morgan fingerprint density at radius 3 is 2.76 bits per heavy atom. The number of carbonyl (C=O) groups excluding carboxylic acids is 1. The Kier molecular flexibility index (Phi) is 1.97. The maximum Gasteiger partial charge on any atom is 0.431 e. The van der Waals surface area contributed by atoms with Crippen LogP contribution in [0.15, 0.2) is 5.10 Å². The molecule has 4 nitrogen and oxygen atoms in total. The Morgan fingerprint density at radius 2 is 2.18 bits per heavy atom. The van der Waals surface area contributed by atoms with Crippen LogP contribution in [0, 0.1) is 11.3 Å². The molecule has 3 fully saturated rings. The molecule has 2 bridgehead atoms. The van der Waals surface area contributed by atoms with Gasteiger partial charge in [0, 0.05) is 5.71 Å². The van der Waals surface area contributed by atoms with E-state index in [4.69, 9.17) is 4.74 Å². The summed E-state index contributed by atoms with van der Waals surface area (Å²) in [7, 11) is 0. The van der Waals surface area contributed by atoms with Crippen molar-refractivity contribution >= 4 is 11.8 Å². The lowest BCUT2D eigenvalue weighted by Gasteiger charge is -2.39. The van der Waals surface area contributed by atoms with Crippen molar-refractivity contribution in [1.82, 2.24) is 5.01 Å². The van der Waals surface area contributed by atoms with Crippen molar-refractivity contribution in [2.75, 3.05) is 0 Å². The van der Waals surface area contributed by atoms with E-state index in [1.54, 1.807) is 5.01 Å². The summed E-state index contributed by atoms with van der Waals surface area (Å²) >= 11 is 0. The summed E-state index contributed by atoms with van der Waals surface area (Å²) in [6.45, 7) is 8.37. The fourth-order valence-corrected chi connectivity index (χ4v) is 4.20. The molecule has 0 N–H and O–H groups in total. The molecule has 3 atom stereocenters. The molecule has 2 aliphatic carbocycles. The summed E-state index contributed by atoms with van der Waals surface area (Å²) in [5.41, 5.74) is 0.831. The predicted molar refractivity (Wildman–Crippen MR) is 64.7 cm³/mol. The maximum atomic E-state index is 12.0. The molecule has 3 aliphatic rings.